The summed E-state index contributed by atoms with van der Waals surface area (Å²) in [6.07, 6.45) is 0.899. The van der Waals surface area contributed by atoms with E-state index in [2.05, 4.69) is 5.32 Å². The topological polar surface area (TPSA) is 137 Å². The fourth-order valence-corrected chi connectivity index (χ4v) is 2.32. The second kappa shape index (κ2) is 7.60. The van der Waals surface area contributed by atoms with Crippen molar-refractivity contribution in [1.29, 1.82) is 0 Å². The normalized spacial score (nSPS) is 10.6. The Morgan fingerprint density at radius 2 is 1.88 bits per heavy atom. The van der Waals surface area contributed by atoms with E-state index in [0.717, 1.165) is 22.4 Å². The summed E-state index contributed by atoms with van der Waals surface area (Å²) in [4.78, 5) is 45.8. The van der Waals surface area contributed by atoms with Crippen LogP contribution in [0.1, 0.15) is 35.7 Å². The smallest absolute Gasteiger partial charge is 0.286 e. The molecule has 0 unspecified atom stereocenters. The van der Waals surface area contributed by atoms with Crippen molar-refractivity contribution in [3.63, 3.8) is 0 Å². The molecule has 0 radical (unpaired) electrons. The first-order valence-electron chi connectivity index (χ1n) is 7.77. The minimum absolute atomic E-state index is 0.343. The van der Waals surface area contributed by atoms with Gasteiger partial charge in [-0.25, -0.2) is 0 Å². The molecular weight excluding hydrogens is 340 g/mol. The molecule has 0 aliphatic rings. The summed E-state index contributed by atoms with van der Waals surface area (Å²) in [6, 6.07) is 7.97. The molecule has 0 atom stereocenters. The van der Waals surface area contributed by atoms with Gasteiger partial charge in [0.15, 0.2) is 0 Å². The van der Waals surface area contributed by atoms with Gasteiger partial charge >= 0.3 is 0 Å². The largest absolute Gasteiger partial charge is 0.365 e. The van der Waals surface area contributed by atoms with E-state index in [1.807, 2.05) is 26.0 Å². The van der Waals surface area contributed by atoms with E-state index in [1.165, 1.54) is 0 Å². The molecule has 2 aromatic rings. The lowest BCUT2D eigenvalue weighted by Gasteiger charge is -2.10. The maximum Gasteiger partial charge on any atom is 0.286 e. The number of nitrogens with one attached hydrogen (secondary N) is 1. The van der Waals surface area contributed by atoms with E-state index in [1.54, 1.807) is 12.1 Å². The van der Waals surface area contributed by atoms with Crippen LogP contribution in [0.2, 0.25) is 0 Å². The highest BCUT2D eigenvalue weighted by Crippen LogP contribution is 2.17. The third-order valence-corrected chi connectivity index (χ3v) is 3.72. The third kappa shape index (κ3) is 4.32. The Kier molecular flexibility index (Phi) is 5.51. The molecule has 0 bridgehead atoms. The number of hydrogen-bond donors (Lipinski definition) is 2. The zero-order valence-electron chi connectivity index (χ0n) is 14.3. The lowest BCUT2D eigenvalue weighted by atomic mass is 10.0. The monoisotopic (exact) mass is 358 g/mol. The molecule has 1 aromatic heterocycles. The molecular formula is C17H18N4O5. The Bertz CT molecular complexity index is 916. The van der Waals surface area contributed by atoms with Crippen molar-refractivity contribution < 1.29 is 14.5 Å². The minimum Gasteiger partial charge on any atom is -0.365 e. The minimum atomic E-state index is -1.10. The summed E-state index contributed by atoms with van der Waals surface area (Å²) >= 11 is 0. The van der Waals surface area contributed by atoms with Crippen LogP contribution >= 0.6 is 0 Å². The van der Waals surface area contributed by atoms with Gasteiger partial charge in [0.05, 0.1) is 11.1 Å². The van der Waals surface area contributed by atoms with Crippen molar-refractivity contribution in [2.45, 2.75) is 26.3 Å². The van der Waals surface area contributed by atoms with Crippen molar-refractivity contribution >= 4 is 23.2 Å². The van der Waals surface area contributed by atoms with E-state index in [0.29, 0.717) is 11.6 Å². The van der Waals surface area contributed by atoms with E-state index >= 15 is 0 Å². The second-order valence-corrected chi connectivity index (χ2v) is 5.99. The molecule has 0 saturated heterocycles. The molecule has 9 heteroatoms. The summed E-state index contributed by atoms with van der Waals surface area (Å²) < 4.78 is 0.788. The lowest BCUT2D eigenvalue weighted by molar-refractivity contribution is -0.385. The van der Waals surface area contributed by atoms with Crippen molar-refractivity contribution in [1.82, 2.24) is 4.57 Å². The van der Waals surface area contributed by atoms with Gasteiger partial charge in [0, 0.05) is 11.8 Å². The molecule has 26 heavy (non-hydrogen) atoms. The van der Waals surface area contributed by atoms with Gasteiger partial charge in [-0.15, -0.1) is 0 Å². The van der Waals surface area contributed by atoms with Gasteiger partial charge in [0.1, 0.15) is 12.1 Å². The van der Waals surface area contributed by atoms with Gasteiger partial charge in [-0.3, -0.25) is 29.1 Å². The summed E-state index contributed by atoms with van der Waals surface area (Å²) in [5.41, 5.74) is 4.77. The average molecular weight is 358 g/mol. The number of nitrogens with zero attached hydrogens (tertiary/aromatic N) is 2. The van der Waals surface area contributed by atoms with Crippen molar-refractivity contribution in [3.05, 3.63) is 68.1 Å². The number of rotatable bonds is 6. The average Bonchev–Trinajstić information content (AvgIpc) is 2.56. The van der Waals surface area contributed by atoms with Gasteiger partial charge in [-0.2, -0.15) is 0 Å². The number of carbonyl (C=O) groups excluding carboxylic acids is 2. The predicted molar refractivity (Wildman–Crippen MR) is 95.0 cm³/mol. The summed E-state index contributed by atoms with van der Waals surface area (Å²) in [5.74, 6) is -1.33. The molecule has 2 rings (SSSR count). The lowest BCUT2D eigenvalue weighted by Crippen LogP contribution is -2.33. The molecule has 136 valence electrons. The fourth-order valence-electron chi connectivity index (χ4n) is 2.32. The first kappa shape index (κ1) is 18.8. The standard InChI is InChI=1S/C17H18N4O5/c1-10(2)11-3-5-12(6-4-11)19-15(22)9-20-8-13(21(25)26)7-14(16(18)23)17(20)24/h3-8,10H,9H2,1-2H3,(H2,18,23)(H,19,22). The quantitative estimate of drug-likeness (QED) is 0.597. The number of nitrogens with two attached hydrogens (primary N) is 1. The van der Waals surface area contributed by atoms with E-state index in [4.69, 9.17) is 5.73 Å². The van der Waals surface area contributed by atoms with Crippen molar-refractivity contribution in [3.8, 4) is 0 Å². The number of anilines is 1. The predicted octanol–water partition coefficient (Wildman–Crippen LogP) is 1.62. The highest BCUT2D eigenvalue weighted by atomic mass is 16.6. The molecule has 0 fully saturated rings. The van der Waals surface area contributed by atoms with E-state index in [9.17, 15) is 24.5 Å². The number of nitro groups is 1. The molecule has 0 saturated carbocycles. The number of carbonyl (C=O) groups is 2. The van der Waals surface area contributed by atoms with E-state index < -0.39 is 40.1 Å². The van der Waals surface area contributed by atoms with Crippen molar-refractivity contribution in [2.75, 3.05) is 5.32 Å². The Morgan fingerprint density at radius 1 is 1.27 bits per heavy atom. The number of pyridine rings is 1. The molecule has 0 aliphatic heterocycles. The molecule has 1 heterocycles. The van der Waals surface area contributed by atoms with Crippen LogP contribution in [-0.4, -0.2) is 21.3 Å². The van der Waals surface area contributed by atoms with Crippen molar-refractivity contribution in [2.24, 2.45) is 5.73 Å². The van der Waals surface area contributed by atoms with Crippen LogP contribution < -0.4 is 16.6 Å². The van der Waals surface area contributed by atoms with Crippen LogP contribution in [0.25, 0.3) is 0 Å². The van der Waals surface area contributed by atoms with Crippen LogP contribution in [0.15, 0.2) is 41.3 Å². The molecule has 3 N–H and O–H groups in total. The summed E-state index contributed by atoms with van der Waals surface area (Å²) in [7, 11) is 0. The first-order chi connectivity index (χ1) is 12.2. The molecule has 2 amide bonds. The molecule has 0 spiro atoms. The van der Waals surface area contributed by atoms with Crippen LogP contribution in [0.5, 0.6) is 0 Å². The highest BCUT2D eigenvalue weighted by molar-refractivity contribution is 5.93. The van der Waals surface area contributed by atoms with Gasteiger partial charge in [-0.05, 0) is 23.6 Å². The van der Waals surface area contributed by atoms with Crippen LogP contribution in [-0.2, 0) is 11.3 Å². The van der Waals surface area contributed by atoms with E-state index in [-0.39, 0.29) is 0 Å². The highest BCUT2D eigenvalue weighted by Gasteiger charge is 2.18. The number of aromatic nitrogens is 1. The number of amides is 2. The van der Waals surface area contributed by atoms with Gasteiger partial charge in [0.25, 0.3) is 17.2 Å². The SMILES string of the molecule is CC(C)c1ccc(NC(=O)Cn2cc([N+](=O)[O-])cc(C(N)=O)c2=O)cc1. The second-order valence-electron chi connectivity index (χ2n) is 5.99. The van der Waals surface area contributed by atoms with Crippen LogP contribution in [0.3, 0.4) is 0 Å². The summed E-state index contributed by atoms with van der Waals surface area (Å²) in [6.45, 7) is 3.59. The Balaban J connectivity index is 2.24. The van der Waals surface area contributed by atoms with Gasteiger partial charge < -0.3 is 11.1 Å². The maximum absolute atomic E-state index is 12.2. The Hall–Kier alpha value is -3.49. The number of hydrogen-bond acceptors (Lipinski definition) is 5. The molecule has 0 aliphatic carbocycles. The molecule has 9 nitrogen and oxygen atoms in total. The van der Waals surface area contributed by atoms with Crippen LogP contribution in [0.4, 0.5) is 11.4 Å². The molecule has 1 aromatic carbocycles. The third-order valence-electron chi connectivity index (χ3n) is 3.72. The summed E-state index contributed by atoms with van der Waals surface area (Å²) in [5, 5.41) is 13.5. The van der Waals surface area contributed by atoms with Crippen LogP contribution in [0, 0.1) is 10.1 Å². The Morgan fingerprint density at radius 3 is 2.38 bits per heavy atom. The number of primary amides is 1. The zero-order chi connectivity index (χ0) is 19.4. The zero-order valence-corrected chi connectivity index (χ0v) is 14.3. The maximum atomic E-state index is 12.2. The first-order valence-corrected chi connectivity index (χ1v) is 7.77. The number of benzene rings is 1. The van der Waals surface area contributed by atoms with Gasteiger partial charge in [0.2, 0.25) is 5.91 Å². The van der Waals surface area contributed by atoms with Gasteiger partial charge in [-0.1, -0.05) is 26.0 Å². The fraction of sp³-hybridized carbons (Fsp3) is 0.235. The Labute approximate surface area is 148 Å².